The molecule has 28 heavy (non-hydrogen) atoms. The van der Waals surface area contributed by atoms with Gasteiger partial charge in [-0.15, -0.1) is 0 Å². The van der Waals surface area contributed by atoms with Gasteiger partial charge in [-0.1, -0.05) is 71.8 Å². The summed E-state index contributed by atoms with van der Waals surface area (Å²) >= 11 is 0. The number of carbonyl (C=O) groups excluding carboxylic acids is 2. The molecule has 0 bridgehead atoms. The van der Waals surface area contributed by atoms with E-state index >= 15 is 0 Å². The van der Waals surface area contributed by atoms with Crippen molar-refractivity contribution in [2.75, 3.05) is 0 Å². The molecule has 0 spiro atoms. The third-order valence-electron chi connectivity index (χ3n) is 4.92. The molecule has 0 saturated heterocycles. The molecule has 0 atom stereocenters. The lowest BCUT2D eigenvalue weighted by atomic mass is 9.90. The minimum atomic E-state index is -0.729. The van der Waals surface area contributed by atoms with Crippen LogP contribution in [0.5, 0.6) is 0 Å². The number of unbranched alkanes of at least 4 members (excludes halogenated alkanes) is 6. The van der Waals surface area contributed by atoms with E-state index in [0.29, 0.717) is 6.42 Å². The topological polar surface area (TPSA) is 52.6 Å². The maximum atomic E-state index is 12.9. The SMILES string of the molecule is C=CC(=O)OC(C)(C)CC(C)(C)OC(=O)C(CCCCCC)CCCCCC. The summed E-state index contributed by atoms with van der Waals surface area (Å²) in [4.78, 5) is 24.4. The second-order valence-electron chi connectivity index (χ2n) is 9.14. The Morgan fingerprint density at radius 1 is 0.821 bits per heavy atom. The van der Waals surface area contributed by atoms with Crippen LogP contribution in [-0.2, 0) is 19.1 Å². The Bertz CT molecular complexity index is 453. The van der Waals surface area contributed by atoms with Crippen molar-refractivity contribution in [3.05, 3.63) is 12.7 Å². The van der Waals surface area contributed by atoms with Gasteiger partial charge < -0.3 is 9.47 Å². The second kappa shape index (κ2) is 13.8. The molecule has 0 aliphatic rings. The summed E-state index contributed by atoms with van der Waals surface area (Å²) in [5.74, 6) is -0.604. The monoisotopic (exact) mass is 396 g/mol. The second-order valence-corrected chi connectivity index (χ2v) is 9.14. The first kappa shape index (κ1) is 26.7. The van der Waals surface area contributed by atoms with Crippen LogP contribution in [-0.4, -0.2) is 23.1 Å². The number of carbonyl (C=O) groups is 2. The average molecular weight is 397 g/mol. The Hall–Kier alpha value is -1.32. The van der Waals surface area contributed by atoms with E-state index < -0.39 is 17.2 Å². The maximum Gasteiger partial charge on any atom is 0.330 e. The quantitative estimate of drug-likeness (QED) is 0.164. The maximum absolute atomic E-state index is 12.9. The van der Waals surface area contributed by atoms with Crippen LogP contribution in [0.4, 0.5) is 0 Å². The molecule has 0 fully saturated rings. The number of hydrogen-bond donors (Lipinski definition) is 0. The zero-order valence-electron chi connectivity index (χ0n) is 19.3. The van der Waals surface area contributed by atoms with E-state index in [1.807, 2.05) is 27.7 Å². The summed E-state index contributed by atoms with van der Waals surface area (Å²) in [5, 5.41) is 0. The summed E-state index contributed by atoms with van der Waals surface area (Å²) in [6.45, 7) is 15.3. The predicted molar refractivity (Wildman–Crippen MR) is 116 cm³/mol. The van der Waals surface area contributed by atoms with E-state index in [9.17, 15) is 9.59 Å². The smallest absolute Gasteiger partial charge is 0.330 e. The molecule has 0 saturated carbocycles. The van der Waals surface area contributed by atoms with Gasteiger partial charge in [0.2, 0.25) is 0 Å². The van der Waals surface area contributed by atoms with Gasteiger partial charge in [-0.3, -0.25) is 4.79 Å². The van der Waals surface area contributed by atoms with Gasteiger partial charge in [0.05, 0.1) is 5.92 Å². The highest BCUT2D eigenvalue weighted by molar-refractivity contribution is 5.81. The molecule has 164 valence electrons. The van der Waals surface area contributed by atoms with E-state index in [1.54, 1.807) is 0 Å². The summed E-state index contributed by atoms with van der Waals surface area (Å²) in [6.07, 6.45) is 12.7. The molecule has 0 radical (unpaired) electrons. The Kier molecular flexibility index (Phi) is 13.1. The molecule has 0 aromatic rings. The zero-order chi connectivity index (χ0) is 21.6. The molecule has 0 N–H and O–H groups in total. The molecular formula is C24H44O4. The Morgan fingerprint density at radius 3 is 1.71 bits per heavy atom. The van der Waals surface area contributed by atoms with E-state index in [0.717, 1.165) is 31.8 Å². The first-order valence-electron chi connectivity index (χ1n) is 11.1. The summed E-state index contributed by atoms with van der Waals surface area (Å²) in [7, 11) is 0. The molecular weight excluding hydrogens is 352 g/mol. The first-order valence-corrected chi connectivity index (χ1v) is 11.1. The Labute approximate surface area is 173 Å². The zero-order valence-corrected chi connectivity index (χ0v) is 19.3. The van der Waals surface area contributed by atoms with Crippen LogP contribution in [0, 0.1) is 5.92 Å². The number of ether oxygens (including phenoxy) is 2. The fraction of sp³-hybridized carbons (Fsp3) is 0.833. The number of hydrogen-bond acceptors (Lipinski definition) is 4. The van der Waals surface area contributed by atoms with Crippen LogP contribution in [0.2, 0.25) is 0 Å². The van der Waals surface area contributed by atoms with Crippen LogP contribution < -0.4 is 0 Å². The lowest BCUT2D eigenvalue weighted by molar-refractivity contribution is -0.171. The molecule has 0 amide bonds. The van der Waals surface area contributed by atoms with Crippen LogP contribution in [0.1, 0.15) is 112 Å². The molecule has 4 nitrogen and oxygen atoms in total. The predicted octanol–water partition coefficient (Wildman–Crippen LogP) is 6.76. The minimum absolute atomic E-state index is 0.0353. The van der Waals surface area contributed by atoms with Crippen molar-refractivity contribution in [3.63, 3.8) is 0 Å². The molecule has 0 rings (SSSR count). The van der Waals surface area contributed by atoms with Gasteiger partial charge in [0.1, 0.15) is 11.2 Å². The standard InChI is InChI=1S/C24H44O4/c1-8-11-13-15-17-20(18-16-14-12-9-2)22(26)28-24(6,7)19-23(4,5)27-21(25)10-3/h10,20H,3,8-9,11-19H2,1-2,4-7H3. The molecule has 0 aromatic heterocycles. The van der Waals surface area contributed by atoms with Crippen LogP contribution in [0.25, 0.3) is 0 Å². The van der Waals surface area contributed by atoms with Crippen LogP contribution in [0.15, 0.2) is 12.7 Å². The van der Waals surface area contributed by atoms with Gasteiger partial charge in [-0.05, 0) is 40.5 Å². The highest BCUT2D eigenvalue weighted by Gasteiger charge is 2.35. The van der Waals surface area contributed by atoms with Gasteiger partial charge in [0.25, 0.3) is 0 Å². The molecule has 0 unspecified atom stereocenters. The molecule has 0 aliphatic heterocycles. The number of rotatable bonds is 16. The van der Waals surface area contributed by atoms with Crippen molar-refractivity contribution in [2.24, 2.45) is 5.92 Å². The summed E-state index contributed by atoms with van der Waals surface area (Å²) in [5.41, 5.74) is -1.43. The molecule has 0 aromatic carbocycles. The fourth-order valence-electron chi connectivity index (χ4n) is 3.78. The molecule has 0 heterocycles. The molecule has 4 heteroatoms. The van der Waals surface area contributed by atoms with Crippen molar-refractivity contribution >= 4 is 11.9 Å². The Balaban J connectivity index is 4.82. The van der Waals surface area contributed by atoms with Gasteiger partial charge in [0, 0.05) is 12.5 Å². The van der Waals surface area contributed by atoms with Crippen molar-refractivity contribution < 1.29 is 19.1 Å². The minimum Gasteiger partial charge on any atom is -0.459 e. The van der Waals surface area contributed by atoms with E-state index in [-0.39, 0.29) is 11.9 Å². The van der Waals surface area contributed by atoms with Crippen molar-refractivity contribution in [1.82, 2.24) is 0 Å². The van der Waals surface area contributed by atoms with Crippen molar-refractivity contribution in [3.8, 4) is 0 Å². The lowest BCUT2D eigenvalue weighted by Gasteiger charge is -2.35. The third-order valence-corrected chi connectivity index (χ3v) is 4.92. The average Bonchev–Trinajstić information content (AvgIpc) is 2.58. The lowest BCUT2D eigenvalue weighted by Crippen LogP contribution is -2.40. The normalized spacial score (nSPS) is 12.1. The van der Waals surface area contributed by atoms with Gasteiger partial charge in [-0.25, -0.2) is 4.79 Å². The summed E-state index contributed by atoms with van der Waals surface area (Å²) in [6, 6.07) is 0. The van der Waals surface area contributed by atoms with E-state index in [2.05, 4.69) is 20.4 Å². The largest absolute Gasteiger partial charge is 0.459 e. The highest BCUT2D eigenvalue weighted by Crippen LogP contribution is 2.29. The van der Waals surface area contributed by atoms with Crippen LogP contribution in [0.3, 0.4) is 0 Å². The van der Waals surface area contributed by atoms with Crippen molar-refractivity contribution in [1.29, 1.82) is 0 Å². The van der Waals surface area contributed by atoms with Gasteiger partial charge in [0.15, 0.2) is 0 Å². The third kappa shape index (κ3) is 13.0. The highest BCUT2D eigenvalue weighted by atomic mass is 16.6. The van der Waals surface area contributed by atoms with E-state index in [4.69, 9.17) is 9.47 Å². The first-order chi connectivity index (χ1) is 13.1. The molecule has 0 aliphatic carbocycles. The fourth-order valence-corrected chi connectivity index (χ4v) is 3.78. The van der Waals surface area contributed by atoms with Crippen LogP contribution >= 0.6 is 0 Å². The van der Waals surface area contributed by atoms with Gasteiger partial charge in [-0.2, -0.15) is 0 Å². The van der Waals surface area contributed by atoms with E-state index in [1.165, 1.54) is 38.5 Å². The van der Waals surface area contributed by atoms with Gasteiger partial charge >= 0.3 is 11.9 Å². The number of esters is 2. The Morgan fingerprint density at radius 2 is 1.29 bits per heavy atom. The van der Waals surface area contributed by atoms with Crippen molar-refractivity contribution in [2.45, 2.75) is 123 Å². The summed E-state index contributed by atoms with van der Waals surface area (Å²) < 4.78 is 11.3.